The number of carboxylic acids is 1. The third-order valence-corrected chi connectivity index (χ3v) is 5.76. The van der Waals surface area contributed by atoms with Gasteiger partial charge >= 0.3 is 5.97 Å². The second kappa shape index (κ2) is 7.01. The fourth-order valence-corrected chi connectivity index (χ4v) is 4.06. The topological polar surface area (TPSA) is 122 Å². The first-order valence-corrected chi connectivity index (χ1v) is 9.36. The summed E-state index contributed by atoms with van der Waals surface area (Å²) in [6.07, 6.45) is 1.42. The van der Waals surface area contributed by atoms with Gasteiger partial charge in [-0.2, -0.15) is 0 Å². The van der Waals surface area contributed by atoms with Gasteiger partial charge in [0.2, 0.25) is 10.0 Å². The zero-order chi connectivity index (χ0) is 18.8. The van der Waals surface area contributed by atoms with Gasteiger partial charge in [0.25, 0.3) is 5.91 Å². The second-order valence-electron chi connectivity index (χ2n) is 6.34. The minimum absolute atomic E-state index is 0.0532. The van der Waals surface area contributed by atoms with Crippen LogP contribution in [0, 0.1) is 0 Å². The number of methoxy groups -OCH3 is 1. The molecule has 0 aromatic heterocycles. The van der Waals surface area contributed by atoms with E-state index in [9.17, 15) is 23.1 Å². The van der Waals surface area contributed by atoms with E-state index in [1.807, 2.05) is 0 Å². The molecular formula is C16H22N2O6S. The number of hydrogen-bond donors (Lipinski definition) is 3. The van der Waals surface area contributed by atoms with E-state index in [0.717, 1.165) is 0 Å². The Hall–Kier alpha value is -2.13. The predicted molar refractivity (Wildman–Crippen MR) is 90.1 cm³/mol. The van der Waals surface area contributed by atoms with Crippen molar-refractivity contribution in [1.29, 1.82) is 0 Å². The number of sulfonamides is 1. The lowest BCUT2D eigenvalue weighted by atomic mass is 9.76. The smallest absolute Gasteiger partial charge is 0.329 e. The number of ether oxygens (including phenoxy) is 1. The lowest BCUT2D eigenvalue weighted by molar-refractivity contribution is -0.148. The van der Waals surface area contributed by atoms with Crippen LogP contribution in [0.5, 0.6) is 5.75 Å². The highest BCUT2D eigenvalue weighted by molar-refractivity contribution is 7.89. The van der Waals surface area contributed by atoms with E-state index in [-0.39, 0.29) is 22.3 Å². The van der Waals surface area contributed by atoms with Crippen molar-refractivity contribution >= 4 is 21.9 Å². The summed E-state index contributed by atoms with van der Waals surface area (Å²) in [5.74, 6) is -1.62. The van der Waals surface area contributed by atoms with Gasteiger partial charge in [0.1, 0.15) is 16.2 Å². The Morgan fingerprint density at radius 3 is 2.36 bits per heavy atom. The molecule has 0 radical (unpaired) electrons. The molecule has 9 heteroatoms. The Bertz CT molecular complexity index is 784. The lowest BCUT2D eigenvalue weighted by Gasteiger charge is -2.38. The molecule has 0 aliphatic heterocycles. The van der Waals surface area contributed by atoms with Crippen LogP contribution in [0.4, 0.5) is 0 Å². The Kier molecular flexibility index (Phi) is 5.38. The minimum Gasteiger partial charge on any atom is -0.495 e. The quantitative estimate of drug-likeness (QED) is 0.661. The zero-order valence-corrected chi connectivity index (χ0v) is 15.1. The molecule has 1 aromatic carbocycles. The van der Waals surface area contributed by atoms with Gasteiger partial charge < -0.3 is 15.2 Å². The fraction of sp³-hybridized carbons (Fsp3) is 0.500. The molecule has 1 amide bonds. The maximum atomic E-state index is 12.4. The first kappa shape index (κ1) is 19.2. The Labute approximate surface area is 146 Å². The average molecular weight is 370 g/mol. The number of carboxylic acid groups (broad SMARTS) is 1. The van der Waals surface area contributed by atoms with Gasteiger partial charge in [-0.05, 0) is 51.3 Å². The molecule has 1 aliphatic rings. The molecule has 1 aliphatic carbocycles. The Morgan fingerprint density at radius 2 is 1.92 bits per heavy atom. The average Bonchev–Trinajstić information content (AvgIpc) is 2.48. The molecule has 0 unspecified atom stereocenters. The van der Waals surface area contributed by atoms with Crippen molar-refractivity contribution in [2.75, 3.05) is 7.11 Å². The maximum Gasteiger partial charge on any atom is 0.329 e. The van der Waals surface area contributed by atoms with Gasteiger partial charge in [0.15, 0.2) is 0 Å². The van der Waals surface area contributed by atoms with Crippen molar-refractivity contribution < 1.29 is 27.9 Å². The Balaban J connectivity index is 2.35. The van der Waals surface area contributed by atoms with Crippen LogP contribution in [-0.2, 0) is 14.8 Å². The normalized spacial score (nSPS) is 16.2. The molecule has 1 fully saturated rings. The number of aliphatic carboxylic acids is 1. The molecule has 2 rings (SSSR count). The molecule has 25 heavy (non-hydrogen) atoms. The molecule has 0 saturated heterocycles. The van der Waals surface area contributed by atoms with Gasteiger partial charge in [-0.1, -0.05) is 0 Å². The number of hydrogen-bond acceptors (Lipinski definition) is 5. The van der Waals surface area contributed by atoms with Crippen molar-refractivity contribution in [3.8, 4) is 5.75 Å². The summed E-state index contributed by atoms with van der Waals surface area (Å²) in [6.45, 7) is 3.35. The van der Waals surface area contributed by atoms with Crippen molar-refractivity contribution in [3.05, 3.63) is 23.8 Å². The van der Waals surface area contributed by atoms with E-state index in [0.29, 0.717) is 19.3 Å². The van der Waals surface area contributed by atoms with Crippen molar-refractivity contribution in [2.45, 2.75) is 49.6 Å². The monoisotopic (exact) mass is 370 g/mol. The van der Waals surface area contributed by atoms with Crippen molar-refractivity contribution in [2.24, 2.45) is 0 Å². The molecule has 0 atom stereocenters. The van der Waals surface area contributed by atoms with E-state index in [1.165, 1.54) is 25.3 Å². The summed E-state index contributed by atoms with van der Waals surface area (Å²) in [5.41, 5.74) is -1.22. The summed E-state index contributed by atoms with van der Waals surface area (Å²) in [4.78, 5) is 23.6. The van der Waals surface area contributed by atoms with Crippen LogP contribution in [0.1, 0.15) is 43.5 Å². The molecule has 8 nitrogen and oxygen atoms in total. The summed E-state index contributed by atoms with van der Waals surface area (Å²) >= 11 is 0. The third kappa shape index (κ3) is 3.93. The van der Waals surface area contributed by atoms with Gasteiger partial charge in [0.05, 0.1) is 7.11 Å². The molecule has 0 bridgehead atoms. The SMILES string of the molecule is COc1ccc(C(=O)NC2(C(=O)O)CCC2)cc1S(=O)(=O)NC(C)C. The van der Waals surface area contributed by atoms with Crippen molar-refractivity contribution in [1.82, 2.24) is 10.0 Å². The number of amides is 1. The van der Waals surface area contributed by atoms with E-state index < -0.39 is 27.4 Å². The van der Waals surface area contributed by atoms with Gasteiger partial charge in [-0.15, -0.1) is 0 Å². The van der Waals surface area contributed by atoms with Gasteiger partial charge in [0, 0.05) is 11.6 Å². The summed E-state index contributed by atoms with van der Waals surface area (Å²) < 4.78 is 32.4. The van der Waals surface area contributed by atoms with Gasteiger partial charge in [-0.25, -0.2) is 17.9 Å². The molecular weight excluding hydrogens is 348 g/mol. The van der Waals surface area contributed by atoms with E-state index in [1.54, 1.807) is 13.8 Å². The standard InChI is InChI=1S/C16H22N2O6S/c1-10(2)18-25(22,23)13-9-11(5-6-12(13)24-3)14(19)17-16(15(20)21)7-4-8-16/h5-6,9-10,18H,4,7-8H2,1-3H3,(H,17,19)(H,20,21). The molecule has 3 N–H and O–H groups in total. The number of carbonyl (C=O) groups is 2. The van der Waals surface area contributed by atoms with Crippen LogP contribution >= 0.6 is 0 Å². The van der Waals surface area contributed by atoms with Crippen LogP contribution in [0.25, 0.3) is 0 Å². The van der Waals surface area contributed by atoms with Crippen LogP contribution in [0.3, 0.4) is 0 Å². The summed E-state index contributed by atoms with van der Waals surface area (Å²) in [6, 6.07) is 3.62. The van der Waals surface area contributed by atoms with Gasteiger partial charge in [-0.3, -0.25) is 4.79 Å². The summed E-state index contributed by atoms with van der Waals surface area (Å²) in [5, 5.41) is 11.8. The highest BCUT2D eigenvalue weighted by atomic mass is 32.2. The number of carbonyl (C=O) groups excluding carboxylic acids is 1. The Morgan fingerprint density at radius 1 is 1.28 bits per heavy atom. The summed E-state index contributed by atoms with van der Waals surface area (Å²) in [7, 11) is -2.55. The first-order chi connectivity index (χ1) is 11.6. The van der Waals surface area contributed by atoms with E-state index in [2.05, 4.69) is 10.0 Å². The maximum absolute atomic E-state index is 12.4. The largest absolute Gasteiger partial charge is 0.495 e. The second-order valence-corrected chi connectivity index (χ2v) is 8.02. The lowest BCUT2D eigenvalue weighted by Crippen LogP contribution is -2.59. The molecule has 1 aromatic rings. The fourth-order valence-electron chi connectivity index (χ4n) is 2.61. The molecule has 1 saturated carbocycles. The zero-order valence-electron chi connectivity index (χ0n) is 14.3. The number of rotatable bonds is 7. The highest BCUT2D eigenvalue weighted by Crippen LogP contribution is 2.33. The van der Waals surface area contributed by atoms with Crippen molar-refractivity contribution in [3.63, 3.8) is 0 Å². The van der Waals surface area contributed by atoms with E-state index >= 15 is 0 Å². The molecule has 0 heterocycles. The van der Waals surface area contributed by atoms with Crippen LogP contribution < -0.4 is 14.8 Å². The molecule has 138 valence electrons. The number of nitrogens with one attached hydrogen (secondary N) is 2. The van der Waals surface area contributed by atoms with Crippen LogP contribution in [-0.4, -0.2) is 44.1 Å². The first-order valence-electron chi connectivity index (χ1n) is 7.87. The molecule has 0 spiro atoms. The van der Waals surface area contributed by atoms with E-state index in [4.69, 9.17) is 4.74 Å². The third-order valence-electron chi connectivity index (χ3n) is 4.08. The highest BCUT2D eigenvalue weighted by Gasteiger charge is 2.45. The number of benzene rings is 1. The van der Waals surface area contributed by atoms with Crippen LogP contribution in [0.15, 0.2) is 23.1 Å². The minimum atomic E-state index is -3.88. The van der Waals surface area contributed by atoms with Crippen LogP contribution in [0.2, 0.25) is 0 Å². The predicted octanol–water partition coefficient (Wildman–Crippen LogP) is 1.12.